The van der Waals surface area contributed by atoms with Gasteiger partial charge in [-0.2, -0.15) is 0 Å². The Morgan fingerprint density at radius 1 is 0.929 bits per heavy atom. The molecule has 0 aliphatic carbocycles. The maximum atomic E-state index is 13.2. The monoisotopic (exact) mass is 434 g/mol. The Bertz CT molecular complexity index is 891. The Hall–Kier alpha value is -2.00. The number of methoxy groups -OCH3 is 2. The zero-order valence-corrected chi connectivity index (χ0v) is 18.0. The Morgan fingerprint density at radius 3 is 1.79 bits per heavy atom. The molecule has 0 bridgehead atoms. The molecule has 1 aromatic rings. The lowest BCUT2D eigenvalue weighted by atomic mass is 10.2. The van der Waals surface area contributed by atoms with Crippen molar-refractivity contribution in [3.05, 3.63) is 40.0 Å². The molecular weight excluding hydrogens is 411 g/mol. The third-order valence-corrected chi connectivity index (χ3v) is 7.54. The van der Waals surface area contributed by atoms with Gasteiger partial charge in [0.15, 0.2) is 10.2 Å². The molecule has 1 aromatic carbocycles. The number of carbonyl (C=O) groups is 2. The van der Waals surface area contributed by atoms with Crippen LogP contribution in [0.2, 0.25) is 0 Å². The van der Waals surface area contributed by atoms with Gasteiger partial charge in [-0.3, -0.25) is 4.57 Å². The van der Waals surface area contributed by atoms with E-state index < -0.39 is 39.6 Å². The van der Waals surface area contributed by atoms with Gasteiger partial charge in [-0.1, -0.05) is 17.7 Å². The van der Waals surface area contributed by atoms with Gasteiger partial charge in [-0.25, -0.2) is 18.0 Å². The molecule has 0 atom stereocenters. The highest BCUT2D eigenvalue weighted by molar-refractivity contribution is 7.96. The maximum Gasteiger partial charge on any atom is 0.370 e. The van der Waals surface area contributed by atoms with Gasteiger partial charge in [0.05, 0.1) is 32.3 Å². The van der Waals surface area contributed by atoms with E-state index in [9.17, 15) is 22.6 Å². The lowest BCUT2D eigenvalue weighted by molar-refractivity contribution is -0.138. The van der Waals surface area contributed by atoms with Crippen LogP contribution >= 0.6 is 7.60 Å². The SMILES string of the molecule is CCOP(=O)(OCC)/C(C(=O)OC)=C(\C(=O)OC)S(=O)(=O)c1ccc(C)cc1. The molecule has 0 heterocycles. The molecule has 0 N–H and O–H groups in total. The van der Waals surface area contributed by atoms with E-state index in [-0.39, 0.29) is 18.1 Å². The van der Waals surface area contributed by atoms with E-state index in [0.29, 0.717) is 0 Å². The number of sulfone groups is 1. The smallest absolute Gasteiger partial charge is 0.370 e. The zero-order chi connectivity index (χ0) is 21.5. The highest BCUT2D eigenvalue weighted by Gasteiger charge is 2.46. The van der Waals surface area contributed by atoms with E-state index in [2.05, 4.69) is 9.47 Å². The zero-order valence-electron chi connectivity index (χ0n) is 16.3. The van der Waals surface area contributed by atoms with E-state index >= 15 is 0 Å². The molecule has 0 saturated heterocycles. The molecule has 1 rings (SSSR count). The molecule has 9 nitrogen and oxygen atoms in total. The summed E-state index contributed by atoms with van der Waals surface area (Å²) in [6.07, 6.45) is 0. The average molecular weight is 434 g/mol. The van der Waals surface area contributed by atoms with Gasteiger partial charge in [0.25, 0.3) is 0 Å². The second kappa shape index (κ2) is 9.97. The average Bonchev–Trinajstić information content (AvgIpc) is 2.65. The van der Waals surface area contributed by atoms with Gasteiger partial charge >= 0.3 is 19.5 Å². The molecule has 11 heteroatoms. The normalized spacial score (nSPS) is 12.9. The highest BCUT2D eigenvalue weighted by atomic mass is 32.2. The van der Waals surface area contributed by atoms with Crippen molar-refractivity contribution in [1.82, 2.24) is 0 Å². The van der Waals surface area contributed by atoms with Crippen molar-refractivity contribution in [1.29, 1.82) is 0 Å². The fourth-order valence-electron chi connectivity index (χ4n) is 2.19. The van der Waals surface area contributed by atoms with Crippen molar-refractivity contribution < 1.29 is 41.1 Å². The predicted molar refractivity (Wildman–Crippen MR) is 100 cm³/mol. The number of hydrogen-bond donors (Lipinski definition) is 0. The second-order valence-corrected chi connectivity index (χ2v) is 9.16. The Labute approximate surface area is 164 Å². The quantitative estimate of drug-likeness (QED) is 0.328. The third-order valence-electron chi connectivity index (χ3n) is 3.44. The summed E-state index contributed by atoms with van der Waals surface area (Å²) in [7, 11) is -7.29. The molecule has 0 radical (unpaired) electrons. The number of carbonyl (C=O) groups excluding carboxylic acids is 2. The standard InChI is InChI=1S/C17H23O9PS/c1-6-25-27(20,26-7-2)14(16(18)23-4)15(17(19)24-5)28(21,22)13-10-8-12(3)9-11-13/h8-11H,6-7H2,1-5H3/b15-14+. The molecule has 0 fully saturated rings. The summed E-state index contributed by atoms with van der Waals surface area (Å²) in [6.45, 7) is 4.30. The van der Waals surface area contributed by atoms with E-state index in [0.717, 1.165) is 19.8 Å². The Balaban J connectivity index is 4.00. The van der Waals surface area contributed by atoms with Gasteiger partial charge in [-0.05, 0) is 32.9 Å². The van der Waals surface area contributed by atoms with Crippen LogP contribution in [-0.4, -0.2) is 47.8 Å². The summed E-state index contributed by atoms with van der Waals surface area (Å²) in [6, 6.07) is 5.50. The Kier molecular flexibility index (Phi) is 8.56. The van der Waals surface area contributed by atoms with E-state index in [4.69, 9.17) is 9.05 Å². The van der Waals surface area contributed by atoms with Crippen molar-refractivity contribution >= 4 is 29.4 Å². The first-order valence-electron chi connectivity index (χ1n) is 8.21. The minimum atomic E-state index is -4.63. The first-order valence-corrected chi connectivity index (χ1v) is 11.2. The van der Waals surface area contributed by atoms with Crippen LogP contribution in [0.15, 0.2) is 39.4 Å². The first kappa shape index (κ1) is 24.0. The van der Waals surface area contributed by atoms with Crippen molar-refractivity contribution in [2.75, 3.05) is 27.4 Å². The summed E-state index contributed by atoms with van der Waals surface area (Å²) in [5.74, 6) is -2.75. The van der Waals surface area contributed by atoms with Gasteiger partial charge in [0.2, 0.25) is 9.84 Å². The van der Waals surface area contributed by atoms with Gasteiger partial charge < -0.3 is 18.5 Å². The molecule has 0 saturated carbocycles. The molecule has 0 spiro atoms. The molecule has 0 unspecified atom stereocenters. The number of benzene rings is 1. The van der Waals surface area contributed by atoms with Crippen LogP contribution in [-0.2, 0) is 42.5 Å². The molecular formula is C17H23O9PS. The molecule has 0 amide bonds. The summed E-state index contributed by atoms with van der Waals surface area (Å²) in [4.78, 5) is 23.4. The van der Waals surface area contributed by atoms with Crippen molar-refractivity contribution in [2.24, 2.45) is 0 Å². The van der Waals surface area contributed by atoms with E-state index in [1.54, 1.807) is 6.92 Å². The third kappa shape index (κ3) is 5.08. The van der Waals surface area contributed by atoms with Crippen LogP contribution in [0, 0.1) is 6.92 Å². The predicted octanol–water partition coefficient (Wildman–Crippen LogP) is 2.59. The number of hydrogen-bond acceptors (Lipinski definition) is 9. The van der Waals surface area contributed by atoms with Crippen LogP contribution in [0.5, 0.6) is 0 Å². The molecule has 28 heavy (non-hydrogen) atoms. The largest absolute Gasteiger partial charge is 0.465 e. The van der Waals surface area contributed by atoms with Gasteiger partial charge in [-0.15, -0.1) is 0 Å². The van der Waals surface area contributed by atoms with Crippen LogP contribution in [0.1, 0.15) is 19.4 Å². The summed E-state index contributed by atoms with van der Waals surface area (Å²) in [5.41, 5.74) is 0.769. The lowest BCUT2D eigenvalue weighted by Crippen LogP contribution is -2.23. The van der Waals surface area contributed by atoms with Gasteiger partial charge in [0, 0.05) is 0 Å². The van der Waals surface area contributed by atoms with Crippen molar-refractivity contribution in [3.8, 4) is 0 Å². The molecule has 0 aliphatic rings. The Morgan fingerprint density at radius 2 is 1.39 bits per heavy atom. The topological polar surface area (TPSA) is 122 Å². The van der Waals surface area contributed by atoms with Crippen molar-refractivity contribution in [3.63, 3.8) is 0 Å². The number of esters is 2. The molecule has 0 aliphatic heterocycles. The maximum absolute atomic E-state index is 13.2. The fourth-order valence-corrected chi connectivity index (χ4v) is 5.93. The molecule has 0 aromatic heterocycles. The van der Waals surface area contributed by atoms with Crippen LogP contribution in [0.25, 0.3) is 0 Å². The molecule has 156 valence electrons. The van der Waals surface area contributed by atoms with E-state index in [1.165, 1.54) is 38.1 Å². The summed E-state index contributed by atoms with van der Waals surface area (Å²) < 4.78 is 58.9. The van der Waals surface area contributed by atoms with E-state index in [1.807, 2.05) is 0 Å². The highest BCUT2D eigenvalue weighted by Crippen LogP contribution is 2.58. The van der Waals surface area contributed by atoms with Crippen LogP contribution < -0.4 is 0 Å². The summed E-state index contributed by atoms with van der Waals surface area (Å²) >= 11 is 0. The van der Waals surface area contributed by atoms with Crippen LogP contribution in [0.3, 0.4) is 0 Å². The number of aryl methyl sites for hydroxylation is 1. The summed E-state index contributed by atoms with van der Waals surface area (Å²) in [5, 5.41) is -1.04. The second-order valence-electron chi connectivity index (χ2n) is 5.31. The minimum Gasteiger partial charge on any atom is -0.465 e. The van der Waals surface area contributed by atoms with Gasteiger partial charge in [0.1, 0.15) is 0 Å². The minimum absolute atomic E-state index is 0.184. The first-order chi connectivity index (χ1) is 13.1. The fraction of sp³-hybridized carbons (Fsp3) is 0.412. The number of ether oxygens (including phenoxy) is 2. The van der Waals surface area contributed by atoms with Crippen molar-refractivity contribution in [2.45, 2.75) is 25.7 Å². The van der Waals surface area contributed by atoms with Crippen LogP contribution in [0.4, 0.5) is 0 Å². The lowest BCUT2D eigenvalue weighted by Gasteiger charge is -2.21. The number of rotatable bonds is 9.